The molecule has 2 fully saturated rings. The van der Waals surface area contributed by atoms with E-state index in [1.807, 2.05) is 0 Å². The van der Waals surface area contributed by atoms with Crippen molar-refractivity contribution in [2.75, 3.05) is 44.2 Å². The maximum atomic E-state index is 12.2. The van der Waals surface area contributed by atoms with Gasteiger partial charge in [-0.05, 0) is 37.8 Å². The van der Waals surface area contributed by atoms with Crippen molar-refractivity contribution in [3.05, 3.63) is 0 Å². The van der Waals surface area contributed by atoms with Crippen LogP contribution in [0.2, 0.25) is 0 Å². The van der Waals surface area contributed by atoms with Gasteiger partial charge in [-0.2, -0.15) is 11.8 Å². The Labute approximate surface area is 127 Å². The molecule has 1 heterocycles. The number of nitrogens with zero attached hydrogens (tertiary/aromatic N) is 2. The van der Waals surface area contributed by atoms with E-state index in [4.69, 9.17) is 5.73 Å². The number of nitrogens with two attached hydrogens (primary N) is 1. The second kappa shape index (κ2) is 7.66. The Bertz CT molecular complexity index is 322. The van der Waals surface area contributed by atoms with Crippen LogP contribution >= 0.6 is 11.8 Å². The topological polar surface area (TPSA) is 49.6 Å². The molecule has 1 saturated carbocycles. The van der Waals surface area contributed by atoms with Gasteiger partial charge in [-0.25, -0.2) is 0 Å². The number of fused-ring (bicyclic) bond motifs is 1. The number of thioether (sulfide) groups is 1. The van der Waals surface area contributed by atoms with E-state index in [0.29, 0.717) is 29.5 Å². The lowest BCUT2D eigenvalue weighted by Gasteiger charge is -2.20. The lowest BCUT2D eigenvalue weighted by atomic mass is 9.98. The molecule has 5 heteroatoms. The van der Waals surface area contributed by atoms with Crippen molar-refractivity contribution >= 4 is 17.7 Å². The summed E-state index contributed by atoms with van der Waals surface area (Å²) in [7, 11) is 0. The van der Waals surface area contributed by atoms with Crippen molar-refractivity contribution in [3.8, 4) is 0 Å². The second-order valence-electron chi connectivity index (χ2n) is 6.04. The van der Waals surface area contributed by atoms with Crippen LogP contribution in [0.25, 0.3) is 0 Å². The minimum Gasteiger partial charge on any atom is -0.341 e. The molecule has 116 valence electrons. The molecule has 0 radical (unpaired) electrons. The first-order valence-corrected chi connectivity index (χ1v) is 9.14. The van der Waals surface area contributed by atoms with Gasteiger partial charge in [0.2, 0.25) is 5.91 Å². The van der Waals surface area contributed by atoms with Crippen LogP contribution in [0.15, 0.2) is 0 Å². The molecule has 0 aromatic carbocycles. The highest BCUT2D eigenvalue weighted by Crippen LogP contribution is 2.37. The summed E-state index contributed by atoms with van der Waals surface area (Å²) in [6.07, 6.45) is 2.36. The molecule has 3 unspecified atom stereocenters. The second-order valence-corrected chi connectivity index (χ2v) is 7.15. The van der Waals surface area contributed by atoms with Gasteiger partial charge in [0.25, 0.3) is 0 Å². The molecule has 1 aliphatic heterocycles. The Balaban J connectivity index is 1.64. The van der Waals surface area contributed by atoms with Crippen LogP contribution in [0, 0.1) is 11.8 Å². The quantitative estimate of drug-likeness (QED) is 0.719. The van der Waals surface area contributed by atoms with E-state index in [1.165, 1.54) is 6.42 Å². The lowest BCUT2D eigenvalue weighted by Crippen LogP contribution is -2.34. The van der Waals surface area contributed by atoms with Crippen LogP contribution in [-0.4, -0.2) is 66.0 Å². The van der Waals surface area contributed by atoms with Crippen molar-refractivity contribution in [1.82, 2.24) is 9.80 Å². The standard InChI is InChI=1S/C15H29N3OS/c1-3-17(4-2)7-8-20-11-15(19)18-9-12-5-6-14(16)13(12)10-18/h12-14H,3-11,16H2,1-2H3. The number of likely N-dealkylation sites (tertiary alicyclic amines) is 1. The zero-order chi connectivity index (χ0) is 14.5. The molecule has 20 heavy (non-hydrogen) atoms. The Kier molecular flexibility index (Phi) is 6.18. The van der Waals surface area contributed by atoms with E-state index < -0.39 is 0 Å². The molecule has 1 saturated heterocycles. The van der Waals surface area contributed by atoms with Crippen LogP contribution in [0.3, 0.4) is 0 Å². The fourth-order valence-electron chi connectivity index (χ4n) is 3.50. The maximum Gasteiger partial charge on any atom is 0.232 e. The summed E-state index contributed by atoms with van der Waals surface area (Å²) in [5.41, 5.74) is 6.12. The third-order valence-electron chi connectivity index (χ3n) is 4.94. The highest BCUT2D eigenvalue weighted by Gasteiger charge is 2.42. The van der Waals surface area contributed by atoms with Gasteiger partial charge in [0.05, 0.1) is 5.75 Å². The summed E-state index contributed by atoms with van der Waals surface area (Å²) in [5.74, 6) is 3.24. The smallest absolute Gasteiger partial charge is 0.232 e. The molecular formula is C15H29N3OS. The summed E-state index contributed by atoms with van der Waals surface area (Å²) >= 11 is 1.77. The Morgan fingerprint density at radius 1 is 1.30 bits per heavy atom. The molecule has 0 spiro atoms. The Morgan fingerprint density at radius 3 is 2.70 bits per heavy atom. The van der Waals surface area contributed by atoms with Crippen LogP contribution < -0.4 is 5.73 Å². The highest BCUT2D eigenvalue weighted by molar-refractivity contribution is 7.99. The molecule has 1 amide bonds. The average molecular weight is 299 g/mol. The number of carbonyl (C=O) groups is 1. The van der Waals surface area contributed by atoms with Crippen molar-refractivity contribution in [3.63, 3.8) is 0 Å². The fourth-order valence-corrected chi connectivity index (χ4v) is 4.38. The number of carbonyl (C=O) groups excluding carboxylic acids is 1. The fraction of sp³-hybridized carbons (Fsp3) is 0.933. The number of amides is 1. The molecule has 2 N–H and O–H groups in total. The average Bonchev–Trinajstić information content (AvgIpc) is 3.01. The molecule has 0 aromatic heterocycles. The van der Waals surface area contributed by atoms with Crippen molar-refractivity contribution in [2.24, 2.45) is 17.6 Å². The summed E-state index contributed by atoms with van der Waals surface area (Å²) in [4.78, 5) is 16.7. The van der Waals surface area contributed by atoms with Gasteiger partial charge in [0, 0.05) is 31.4 Å². The van der Waals surface area contributed by atoms with Gasteiger partial charge in [-0.3, -0.25) is 4.79 Å². The molecule has 3 atom stereocenters. The number of rotatable bonds is 7. The summed E-state index contributed by atoms with van der Waals surface area (Å²) in [5, 5.41) is 0. The zero-order valence-electron chi connectivity index (χ0n) is 12.9. The van der Waals surface area contributed by atoms with Crippen LogP contribution in [0.1, 0.15) is 26.7 Å². The maximum absolute atomic E-state index is 12.2. The SMILES string of the molecule is CCN(CC)CCSCC(=O)N1CC2CCC(N)C2C1. The van der Waals surface area contributed by atoms with Gasteiger partial charge in [-0.1, -0.05) is 13.8 Å². The summed E-state index contributed by atoms with van der Waals surface area (Å²) in [6.45, 7) is 9.50. The Hall–Kier alpha value is -0.260. The Morgan fingerprint density at radius 2 is 2.05 bits per heavy atom. The lowest BCUT2D eigenvalue weighted by molar-refractivity contribution is -0.127. The van der Waals surface area contributed by atoms with E-state index in [0.717, 1.165) is 44.9 Å². The van der Waals surface area contributed by atoms with Crippen LogP contribution in [-0.2, 0) is 4.79 Å². The predicted octanol–water partition coefficient (Wildman–Crippen LogP) is 1.26. The van der Waals surface area contributed by atoms with Crippen molar-refractivity contribution in [1.29, 1.82) is 0 Å². The van der Waals surface area contributed by atoms with Gasteiger partial charge in [0.1, 0.15) is 0 Å². The van der Waals surface area contributed by atoms with Gasteiger partial charge in [-0.15, -0.1) is 0 Å². The van der Waals surface area contributed by atoms with E-state index in [1.54, 1.807) is 11.8 Å². The van der Waals surface area contributed by atoms with Gasteiger partial charge < -0.3 is 15.5 Å². The third kappa shape index (κ3) is 3.89. The van der Waals surface area contributed by atoms with Crippen molar-refractivity contribution in [2.45, 2.75) is 32.7 Å². The first-order valence-electron chi connectivity index (χ1n) is 7.99. The number of hydrogen-bond acceptors (Lipinski definition) is 4. The molecule has 0 bridgehead atoms. The minimum absolute atomic E-state index is 0.316. The van der Waals surface area contributed by atoms with Crippen molar-refractivity contribution < 1.29 is 4.79 Å². The normalized spacial score (nSPS) is 29.2. The van der Waals surface area contributed by atoms with Gasteiger partial charge >= 0.3 is 0 Å². The van der Waals surface area contributed by atoms with E-state index >= 15 is 0 Å². The van der Waals surface area contributed by atoms with Gasteiger partial charge in [0.15, 0.2) is 0 Å². The number of hydrogen-bond donors (Lipinski definition) is 1. The zero-order valence-corrected chi connectivity index (χ0v) is 13.7. The van der Waals surface area contributed by atoms with E-state index in [9.17, 15) is 4.79 Å². The largest absolute Gasteiger partial charge is 0.341 e. The van der Waals surface area contributed by atoms with Crippen LogP contribution in [0.4, 0.5) is 0 Å². The summed E-state index contributed by atoms with van der Waals surface area (Å²) < 4.78 is 0. The molecule has 1 aliphatic carbocycles. The molecule has 0 aromatic rings. The minimum atomic E-state index is 0.316. The molecular weight excluding hydrogens is 270 g/mol. The predicted molar refractivity (Wildman–Crippen MR) is 85.9 cm³/mol. The molecule has 4 nitrogen and oxygen atoms in total. The molecule has 2 aliphatic rings. The van der Waals surface area contributed by atoms with Crippen LogP contribution in [0.5, 0.6) is 0 Å². The molecule has 2 rings (SSSR count). The monoisotopic (exact) mass is 299 g/mol. The first kappa shape index (κ1) is 16.1. The first-order chi connectivity index (χ1) is 9.65. The van der Waals surface area contributed by atoms with E-state index in [2.05, 4.69) is 23.6 Å². The van der Waals surface area contributed by atoms with E-state index in [-0.39, 0.29) is 0 Å². The highest BCUT2D eigenvalue weighted by atomic mass is 32.2. The summed E-state index contributed by atoms with van der Waals surface area (Å²) in [6, 6.07) is 0.327. The third-order valence-corrected chi connectivity index (χ3v) is 5.86.